The van der Waals surface area contributed by atoms with E-state index in [1.54, 1.807) is 0 Å². The lowest BCUT2D eigenvalue weighted by Gasteiger charge is -2.15. The monoisotopic (exact) mass is 306 g/mol. The minimum absolute atomic E-state index is 0.479. The van der Waals surface area contributed by atoms with Crippen molar-refractivity contribution in [2.24, 2.45) is 0 Å². The van der Waals surface area contributed by atoms with Gasteiger partial charge < -0.3 is 14.6 Å². The van der Waals surface area contributed by atoms with Crippen LogP contribution in [0.5, 0.6) is 0 Å². The molecule has 2 aromatic rings. The van der Waals surface area contributed by atoms with Gasteiger partial charge >= 0.3 is 0 Å². The Morgan fingerprint density at radius 1 is 1.38 bits per heavy atom. The third-order valence-electron chi connectivity index (χ3n) is 3.52. The maximum atomic E-state index is 5.83. The Balaban J connectivity index is 1.83. The van der Waals surface area contributed by atoms with Gasteiger partial charge in [-0.05, 0) is 37.9 Å². The number of aryl methyl sites for hydroxylation is 1. The van der Waals surface area contributed by atoms with Crippen LogP contribution in [0, 0.1) is 6.92 Å². The third kappa shape index (κ3) is 5.30. The molecule has 0 atom stereocenters. The van der Waals surface area contributed by atoms with Crippen LogP contribution < -0.4 is 5.32 Å². The predicted molar refractivity (Wildman–Crippen MR) is 89.8 cm³/mol. The average Bonchev–Trinajstić information content (AvgIpc) is 3.05. The molecule has 0 aliphatic heterocycles. The zero-order valence-electron chi connectivity index (χ0n) is 13.5. The Morgan fingerprint density at radius 2 is 2.19 bits per heavy atom. The molecule has 0 amide bonds. The van der Waals surface area contributed by atoms with E-state index >= 15 is 0 Å². The summed E-state index contributed by atoms with van der Waals surface area (Å²) in [6.45, 7) is 9.18. The van der Waals surface area contributed by atoms with Crippen molar-refractivity contribution in [1.82, 2.24) is 10.2 Å². The molecule has 0 saturated heterocycles. The van der Waals surface area contributed by atoms with Gasteiger partial charge in [-0.25, -0.2) is 0 Å². The number of hydrogen-bond donors (Lipinski definition) is 1. The van der Waals surface area contributed by atoms with Gasteiger partial charge in [-0.3, -0.25) is 0 Å². The van der Waals surface area contributed by atoms with Crippen LogP contribution in [0.1, 0.15) is 35.8 Å². The fourth-order valence-corrected chi connectivity index (χ4v) is 2.96. The Labute approximate surface area is 132 Å². The molecule has 0 spiro atoms. The molecule has 4 heteroatoms. The molecular formula is C17H26N2OS. The summed E-state index contributed by atoms with van der Waals surface area (Å²) in [5.41, 5.74) is 1.30. The van der Waals surface area contributed by atoms with Crippen LogP contribution in [0.25, 0.3) is 0 Å². The Bertz CT molecular complexity index is 531. The van der Waals surface area contributed by atoms with Crippen LogP contribution in [0.3, 0.4) is 0 Å². The molecular weight excluding hydrogens is 280 g/mol. The molecule has 2 heterocycles. The number of hydrogen-bond acceptors (Lipinski definition) is 4. The Hall–Kier alpha value is -1.10. The zero-order valence-corrected chi connectivity index (χ0v) is 14.3. The molecule has 0 aliphatic carbocycles. The van der Waals surface area contributed by atoms with Crippen LogP contribution in [0.2, 0.25) is 0 Å². The Kier molecular flexibility index (Phi) is 6.03. The van der Waals surface area contributed by atoms with E-state index in [1.807, 2.05) is 11.3 Å². The SMILES string of the molecule is Cc1oc(CNC(C)C)cc1CN(C)CCc1cccs1. The maximum absolute atomic E-state index is 5.83. The van der Waals surface area contributed by atoms with E-state index in [-0.39, 0.29) is 0 Å². The zero-order chi connectivity index (χ0) is 15.2. The second-order valence-corrected chi connectivity index (χ2v) is 6.93. The van der Waals surface area contributed by atoms with E-state index in [4.69, 9.17) is 4.42 Å². The molecule has 0 aromatic carbocycles. The Morgan fingerprint density at radius 3 is 2.86 bits per heavy atom. The van der Waals surface area contributed by atoms with Gasteiger partial charge in [0.25, 0.3) is 0 Å². The number of furan rings is 1. The first-order chi connectivity index (χ1) is 10.0. The maximum Gasteiger partial charge on any atom is 0.118 e. The van der Waals surface area contributed by atoms with Crippen molar-refractivity contribution in [3.05, 3.63) is 45.5 Å². The van der Waals surface area contributed by atoms with Crippen molar-refractivity contribution < 1.29 is 4.42 Å². The lowest BCUT2D eigenvalue weighted by molar-refractivity contribution is 0.329. The van der Waals surface area contributed by atoms with Crippen molar-refractivity contribution in [3.8, 4) is 0 Å². The van der Waals surface area contributed by atoms with E-state index in [9.17, 15) is 0 Å². The second-order valence-electron chi connectivity index (χ2n) is 5.90. The number of nitrogens with one attached hydrogen (secondary N) is 1. The quantitative estimate of drug-likeness (QED) is 0.803. The topological polar surface area (TPSA) is 28.4 Å². The molecule has 0 fully saturated rings. The van der Waals surface area contributed by atoms with Crippen molar-refractivity contribution in [2.45, 2.75) is 46.3 Å². The molecule has 2 rings (SSSR count). The van der Waals surface area contributed by atoms with E-state index in [2.05, 4.69) is 61.6 Å². The van der Waals surface area contributed by atoms with Crippen molar-refractivity contribution in [3.63, 3.8) is 0 Å². The van der Waals surface area contributed by atoms with Crippen molar-refractivity contribution >= 4 is 11.3 Å². The fourth-order valence-electron chi connectivity index (χ4n) is 2.26. The van der Waals surface area contributed by atoms with Gasteiger partial charge in [0, 0.05) is 29.6 Å². The summed E-state index contributed by atoms with van der Waals surface area (Å²) in [6, 6.07) is 6.99. The summed E-state index contributed by atoms with van der Waals surface area (Å²) in [6.07, 6.45) is 1.12. The van der Waals surface area contributed by atoms with Crippen LogP contribution >= 0.6 is 11.3 Å². The number of nitrogens with zero attached hydrogens (tertiary/aromatic N) is 1. The highest BCUT2D eigenvalue weighted by molar-refractivity contribution is 7.09. The minimum atomic E-state index is 0.479. The second kappa shape index (κ2) is 7.78. The highest BCUT2D eigenvalue weighted by Gasteiger charge is 2.10. The van der Waals surface area contributed by atoms with Gasteiger partial charge in [0.2, 0.25) is 0 Å². The lowest BCUT2D eigenvalue weighted by atomic mass is 10.2. The average molecular weight is 306 g/mol. The molecule has 0 radical (unpaired) electrons. The lowest BCUT2D eigenvalue weighted by Crippen LogP contribution is -2.21. The van der Waals surface area contributed by atoms with E-state index in [0.29, 0.717) is 6.04 Å². The van der Waals surface area contributed by atoms with Gasteiger partial charge in [-0.2, -0.15) is 0 Å². The van der Waals surface area contributed by atoms with E-state index in [0.717, 1.165) is 37.6 Å². The summed E-state index contributed by atoms with van der Waals surface area (Å²) in [7, 11) is 2.17. The van der Waals surface area contributed by atoms with E-state index in [1.165, 1.54) is 10.4 Å². The standard InChI is InChI=1S/C17H26N2OS/c1-13(2)18-11-16-10-15(14(3)20-16)12-19(4)8-7-17-6-5-9-21-17/h5-6,9-10,13,18H,7-8,11-12H2,1-4H3. The number of rotatable bonds is 8. The molecule has 0 bridgehead atoms. The predicted octanol–water partition coefficient (Wildman–Crippen LogP) is 3.82. The van der Waals surface area contributed by atoms with Crippen LogP contribution in [0.15, 0.2) is 28.0 Å². The van der Waals surface area contributed by atoms with Gasteiger partial charge in [-0.1, -0.05) is 19.9 Å². The van der Waals surface area contributed by atoms with Gasteiger partial charge in [0.05, 0.1) is 6.54 Å². The molecule has 0 aliphatic rings. The number of thiophene rings is 1. The van der Waals surface area contributed by atoms with Crippen molar-refractivity contribution in [2.75, 3.05) is 13.6 Å². The molecule has 0 unspecified atom stereocenters. The summed E-state index contributed by atoms with van der Waals surface area (Å²) < 4.78 is 5.83. The smallest absolute Gasteiger partial charge is 0.118 e. The van der Waals surface area contributed by atoms with Crippen LogP contribution in [-0.4, -0.2) is 24.5 Å². The first kappa shape index (κ1) is 16.3. The largest absolute Gasteiger partial charge is 0.465 e. The summed E-state index contributed by atoms with van der Waals surface area (Å²) >= 11 is 1.83. The number of likely N-dealkylation sites (N-methyl/N-ethyl adjacent to an activating group) is 1. The summed E-state index contributed by atoms with van der Waals surface area (Å²) in [5, 5.41) is 5.54. The minimum Gasteiger partial charge on any atom is -0.465 e. The third-order valence-corrected chi connectivity index (χ3v) is 4.45. The van der Waals surface area contributed by atoms with Gasteiger partial charge in [0.15, 0.2) is 0 Å². The normalized spacial score (nSPS) is 11.7. The molecule has 2 aromatic heterocycles. The first-order valence-corrected chi connectivity index (χ1v) is 8.45. The van der Waals surface area contributed by atoms with Gasteiger partial charge in [0.1, 0.15) is 11.5 Å². The molecule has 0 saturated carbocycles. The van der Waals surface area contributed by atoms with Crippen LogP contribution in [-0.2, 0) is 19.5 Å². The fraction of sp³-hybridized carbons (Fsp3) is 0.529. The molecule has 1 N–H and O–H groups in total. The summed E-state index contributed by atoms with van der Waals surface area (Å²) in [4.78, 5) is 3.81. The highest BCUT2D eigenvalue weighted by atomic mass is 32.1. The van der Waals surface area contributed by atoms with E-state index < -0.39 is 0 Å². The molecule has 116 valence electrons. The van der Waals surface area contributed by atoms with Crippen LogP contribution in [0.4, 0.5) is 0 Å². The highest BCUT2D eigenvalue weighted by Crippen LogP contribution is 2.17. The van der Waals surface area contributed by atoms with Crippen molar-refractivity contribution in [1.29, 1.82) is 0 Å². The first-order valence-electron chi connectivity index (χ1n) is 7.57. The molecule has 3 nitrogen and oxygen atoms in total. The van der Waals surface area contributed by atoms with Gasteiger partial charge in [-0.15, -0.1) is 11.3 Å². The summed E-state index contributed by atoms with van der Waals surface area (Å²) in [5.74, 6) is 2.07. The molecule has 21 heavy (non-hydrogen) atoms.